The molecular weight excluding hydrogens is 264 g/mol. The van der Waals surface area contributed by atoms with Crippen LogP contribution < -0.4 is 9.75 Å². The fourth-order valence-corrected chi connectivity index (χ4v) is 2.77. The molecule has 112 valence electrons. The third-order valence-electron chi connectivity index (χ3n) is 3.86. The summed E-state index contributed by atoms with van der Waals surface area (Å²) in [4.78, 5) is 6.40. The van der Waals surface area contributed by atoms with Gasteiger partial charge in [-0.25, -0.2) is 0 Å². The van der Waals surface area contributed by atoms with Gasteiger partial charge in [-0.15, -0.1) is 0 Å². The van der Waals surface area contributed by atoms with Crippen molar-refractivity contribution in [2.75, 3.05) is 32.7 Å². The molecule has 0 saturated heterocycles. The Hall–Kier alpha value is -2.01. The number of nitrogens with zero attached hydrogens (tertiary/aromatic N) is 4. The molecule has 1 aliphatic heterocycles. The van der Waals surface area contributed by atoms with E-state index in [4.69, 9.17) is 4.74 Å². The van der Waals surface area contributed by atoms with Crippen LogP contribution in [-0.2, 0) is 0 Å². The highest BCUT2D eigenvalue weighted by Gasteiger charge is 2.25. The fourth-order valence-electron chi connectivity index (χ4n) is 2.77. The molecule has 0 spiro atoms. The Morgan fingerprint density at radius 2 is 2.19 bits per heavy atom. The van der Waals surface area contributed by atoms with E-state index in [0.29, 0.717) is 0 Å². The molecule has 2 aromatic rings. The molecular formula is C16H22N4O. The summed E-state index contributed by atoms with van der Waals surface area (Å²) in [5.74, 6) is 0.846. The molecule has 1 atom stereocenters. The topological polar surface area (TPSA) is 33.5 Å². The Labute approximate surface area is 125 Å². The van der Waals surface area contributed by atoms with E-state index in [2.05, 4.69) is 52.0 Å². The first-order valence-electron chi connectivity index (χ1n) is 7.33. The van der Waals surface area contributed by atoms with Gasteiger partial charge in [-0.2, -0.15) is 0 Å². The lowest BCUT2D eigenvalue weighted by Crippen LogP contribution is -2.25. The van der Waals surface area contributed by atoms with Crippen molar-refractivity contribution >= 4 is 5.69 Å². The third-order valence-corrected chi connectivity index (χ3v) is 3.86. The van der Waals surface area contributed by atoms with Crippen LogP contribution in [0.15, 0.2) is 36.8 Å². The van der Waals surface area contributed by atoms with E-state index in [1.54, 1.807) is 12.4 Å². The molecule has 0 bridgehead atoms. The number of rotatable bonds is 4. The lowest BCUT2D eigenvalue weighted by Gasteiger charge is -2.21. The van der Waals surface area contributed by atoms with Crippen LogP contribution in [-0.4, -0.2) is 42.2 Å². The molecule has 3 rings (SSSR count). The van der Waals surface area contributed by atoms with Crippen molar-refractivity contribution in [3.63, 3.8) is 0 Å². The van der Waals surface area contributed by atoms with E-state index >= 15 is 0 Å². The van der Waals surface area contributed by atoms with Gasteiger partial charge in [-0.3, -0.25) is 14.7 Å². The molecule has 0 radical (unpaired) electrons. The molecule has 0 saturated carbocycles. The number of hydrogen-bond donors (Lipinski definition) is 0. The van der Waals surface area contributed by atoms with Crippen LogP contribution in [0.25, 0.3) is 0 Å². The van der Waals surface area contributed by atoms with Crippen molar-refractivity contribution in [2.45, 2.75) is 18.9 Å². The summed E-state index contributed by atoms with van der Waals surface area (Å²) in [5.41, 5.74) is 2.23. The zero-order chi connectivity index (χ0) is 14.8. The van der Waals surface area contributed by atoms with Gasteiger partial charge in [0.05, 0.1) is 11.9 Å². The van der Waals surface area contributed by atoms with Gasteiger partial charge in [0.1, 0.15) is 11.8 Å². The maximum absolute atomic E-state index is 6.25. The van der Waals surface area contributed by atoms with E-state index in [1.807, 2.05) is 13.1 Å². The fraction of sp³-hybridized carbons (Fsp3) is 0.438. The quantitative estimate of drug-likeness (QED) is 0.865. The third kappa shape index (κ3) is 2.74. The molecule has 0 aromatic carbocycles. The van der Waals surface area contributed by atoms with Gasteiger partial charge in [0, 0.05) is 19.4 Å². The molecule has 21 heavy (non-hydrogen) atoms. The predicted octanol–water partition coefficient (Wildman–Crippen LogP) is 2.56. The zero-order valence-electron chi connectivity index (χ0n) is 12.9. The number of fused-ring (bicyclic) bond motifs is 2. The molecule has 0 amide bonds. The Bertz CT molecular complexity index is 608. The van der Waals surface area contributed by atoms with E-state index < -0.39 is 0 Å². The van der Waals surface area contributed by atoms with E-state index in [1.165, 1.54) is 5.69 Å². The average molecular weight is 286 g/mol. The van der Waals surface area contributed by atoms with Gasteiger partial charge in [-0.1, -0.05) is 0 Å². The highest BCUT2D eigenvalue weighted by Crippen LogP contribution is 2.36. The van der Waals surface area contributed by atoms with Crippen molar-refractivity contribution in [1.82, 2.24) is 14.6 Å². The van der Waals surface area contributed by atoms with Crippen molar-refractivity contribution in [2.24, 2.45) is 0 Å². The van der Waals surface area contributed by atoms with Crippen LogP contribution >= 0.6 is 0 Å². The lowest BCUT2D eigenvalue weighted by molar-refractivity contribution is 0.183. The molecule has 0 aliphatic carbocycles. The highest BCUT2D eigenvalue weighted by molar-refractivity contribution is 5.57. The number of pyridine rings is 1. The molecule has 0 N–H and O–H groups in total. The smallest absolute Gasteiger partial charge is 0.163 e. The van der Waals surface area contributed by atoms with E-state index in [-0.39, 0.29) is 6.10 Å². The number of ether oxygens (including phenoxy) is 1. The van der Waals surface area contributed by atoms with Crippen LogP contribution in [0.2, 0.25) is 0 Å². The first-order chi connectivity index (χ1) is 10.2. The second-order valence-corrected chi connectivity index (χ2v) is 5.70. The minimum absolute atomic E-state index is 0.0628. The van der Waals surface area contributed by atoms with Crippen molar-refractivity contribution < 1.29 is 4.74 Å². The molecule has 2 aromatic heterocycles. The SMILES string of the molecule is CN(C)CCCC1Oc2cnccc2N(C)n2cccc21. The lowest BCUT2D eigenvalue weighted by atomic mass is 10.1. The first-order valence-corrected chi connectivity index (χ1v) is 7.33. The van der Waals surface area contributed by atoms with Crippen LogP contribution in [0.5, 0.6) is 5.75 Å². The summed E-state index contributed by atoms with van der Waals surface area (Å²) in [7, 11) is 6.25. The molecule has 1 unspecified atom stereocenters. The largest absolute Gasteiger partial charge is 0.480 e. The second-order valence-electron chi connectivity index (χ2n) is 5.70. The monoisotopic (exact) mass is 286 g/mol. The summed E-state index contributed by atoms with van der Waals surface area (Å²) in [5, 5.41) is 2.11. The van der Waals surface area contributed by atoms with Crippen molar-refractivity contribution in [3.05, 3.63) is 42.5 Å². The van der Waals surface area contributed by atoms with Crippen LogP contribution in [0.3, 0.4) is 0 Å². The first kappa shape index (κ1) is 13.9. The van der Waals surface area contributed by atoms with Gasteiger partial charge in [0.15, 0.2) is 5.75 Å². The highest BCUT2D eigenvalue weighted by atomic mass is 16.5. The molecule has 0 fully saturated rings. The maximum atomic E-state index is 6.25. The molecule has 5 heteroatoms. The van der Waals surface area contributed by atoms with Crippen molar-refractivity contribution in [1.29, 1.82) is 0 Å². The van der Waals surface area contributed by atoms with Gasteiger partial charge in [-0.05, 0) is 51.7 Å². The Kier molecular flexibility index (Phi) is 3.84. The molecule has 5 nitrogen and oxygen atoms in total. The van der Waals surface area contributed by atoms with Crippen LogP contribution in [0, 0.1) is 0 Å². The minimum Gasteiger partial charge on any atom is -0.480 e. The Morgan fingerprint density at radius 3 is 3.00 bits per heavy atom. The van der Waals surface area contributed by atoms with E-state index in [0.717, 1.165) is 30.8 Å². The predicted molar refractivity (Wildman–Crippen MR) is 83.6 cm³/mol. The average Bonchev–Trinajstić information content (AvgIpc) is 2.91. The second kappa shape index (κ2) is 5.77. The standard InChI is InChI=1S/C16H22N4O/c1-18(2)10-5-7-15-14-6-4-11-20(14)19(3)13-8-9-17-12-16(13)21-15/h4,6,8-9,11-12,15H,5,7,10H2,1-3H3. The summed E-state index contributed by atoms with van der Waals surface area (Å²) in [6, 6.07) is 6.19. The molecule has 3 heterocycles. The van der Waals surface area contributed by atoms with Gasteiger partial charge in [0.2, 0.25) is 0 Å². The number of aromatic nitrogens is 2. The zero-order valence-corrected chi connectivity index (χ0v) is 12.9. The number of hydrogen-bond acceptors (Lipinski definition) is 4. The van der Waals surface area contributed by atoms with Crippen LogP contribution in [0.4, 0.5) is 5.69 Å². The van der Waals surface area contributed by atoms with Crippen LogP contribution in [0.1, 0.15) is 24.6 Å². The van der Waals surface area contributed by atoms with Gasteiger partial charge >= 0.3 is 0 Å². The number of anilines is 1. The van der Waals surface area contributed by atoms with Crippen molar-refractivity contribution in [3.8, 4) is 5.75 Å². The summed E-state index contributed by atoms with van der Waals surface area (Å²) in [6.45, 7) is 1.07. The molecule has 1 aliphatic rings. The maximum Gasteiger partial charge on any atom is 0.163 e. The van der Waals surface area contributed by atoms with E-state index in [9.17, 15) is 0 Å². The van der Waals surface area contributed by atoms with Gasteiger partial charge in [0.25, 0.3) is 0 Å². The normalized spacial score (nSPS) is 17.1. The summed E-state index contributed by atoms with van der Waals surface area (Å²) < 4.78 is 8.41. The minimum atomic E-state index is 0.0628. The Morgan fingerprint density at radius 1 is 1.33 bits per heavy atom. The Balaban J connectivity index is 1.90. The summed E-state index contributed by atoms with van der Waals surface area (Å²) in [6.07, 6.45) is 7.83. The summed E-state index contributed by atoms with van der Waals surface area (Å²) >= 11 is 0. The van der Waals surface area contributed by atoms with Gasteiger partial charge < -0.3 is 9.64 Å².